The van der Waals surface area contributed by atoms with Crippen molar-refractivity contribution in [1.29, 1.82) is 0 Å². The van der Waals surface area contributed by atoms with Crippen LogP contribution in [0.25, 0.3) is 0 Å². The van der Waals surface area contributed by atoms with E-state index in [1.165, 1.54) is 0 Å². The first kappa shape index (κ1) is 11.7. The van der Waals surface area contributed by atoms with E-state index in [9.17, 15) is 4.79 Å². The fourth-order valence-electron chi connectivity index (χ4n) is 2.84. The van der Waals surface area contributed by atoms with Gasteiger partial charge >= 0.3 is 0 Å². The van der Waals surface area contributed by atoms with E-state index in [1.807, 2.05) is 21.8 Å². The zero-order valence-electron chi connectivity index (χ0n) is 10.5. The van der Waals surface area contributed by atoms with Crippen molar-refractivity contribution in [3.63, 3.8) is 0 Å². The normalized spacial score (nSPS) is 28.6. The molecule has 2 saturated heterocycles. The standard InChI is InChI=1S/C13H19N3O2/c17-13(12-5-2-9-18-12)15-7-1-4-11(10-15)16-8-3-6-14-16/h3,6,8,11-12H,1-2,4-5,7,9-10H2/t11-,12-/m0/s1. The van der Waals surface area contributed by atoms with Gasteiger partial charge in [0.15, 0.2) is 0 Å². The predicted molar refractivity (Wildman–Crippen MR) is 66.1 cm³/mol. The molecule has 2 aliphatic rings. The molecule has 0 N–H and O–H groups in total. The Labute approximate surface area is 107 Å². The van der Waals surface area contributed by atoms with Gasteiger partial charge in [0, 0.05) is 32.1 Å². The maximum absolute atomic E-state index is 12.3. The summed E-state index contributed by atoms with van der Waals surface area (Å²) >= 11 is 0. The highest BCUT2D eigenvalue weighted by Gasteiger charge is 2.31. The second kappa shape index (κ2) is 5.10. The van der Waals surface area contributed by atoms with Crippen LogP contribution in [0.5, 0.6) is 0 Å². The third-order valence-electron chi connectivity index (χ3n) is 3.81. The number of rotatable bonds is 2. The Kier molecular flexibility index (Phi) is 3.32. The van der Waals surface area contributed by atoms with Crippen LogP contribution in [0.3, 0.4) is 0 Å². The summed E-state index contributed by atoms with van der Waals surface area (Å²) in [6, 6.07) is 2.25. The number of carbonyl (C=O) groups excluding carboxylic acids is 1. The molecule has 0 unspecified atom stereocenters. The van der Waals surface area contributed by atoms with E-state index < -0.39 is 0 Å². The highest BCUT2D eigenvalue weighted by molar-refractivity contribution is 5.81. The van der Waals surface area contributed by atoms with E-state index in [4.69, 9.17) is 4.74 Å². The van der Waals surface area contributed by atoms with E-state index in [1.54, 1.807) is 6.20 Å². The van der Waals surface area contributed by atoms with E-state index in [0.29, 0.717) is 6.04 Å². The Balaban J connectivity index is 1.64. The topological polar surface area (TPSA) is 47.4 Å². The molecule has 1 amide bonds. The summed E-state index contributed by atoms with van der Waals surface area (Å²) < 4.78 is 7.45. The first-order chi connectivity index (χ1) is 8.84. The van der Waals surface area contributed by atoms with Crippen molar-refractivity contribution in [2.75, 3.05) is 19.7 Å². The number of likely N-dealkylation sites (tertiary alicyclic amines) is 1. The number of hydrogen-bond donors (Lipinski definition) is 0. The molecule has 1 aromatic rings. The van der Waals surface area contributed by atoms with Gasteiger partial charge in [0.05, 0.1) is 6.04 Å². The Morgan fingerprint density at radius 1 is 1.33 bits per heavy atom. The van der Waals surface area contributed by atoms with Gasteiger partial charge in [0.2, 0.25) is 0 Å². The number of nitrogens with zero attached hydrogens (tertiary/aromatic N) is 3. The van der Waals surface area contributed by atoms with Crippen LogP contribution < -0.4 is 0 Å². The van der Waals surface area contributed by atoms with Crippen LogP contribution in [0.15, 0.2) is 18.5 Å². The molecule has 0 spiro atoms. The SMILES string of the molecule is O=C([C@@H]1CCCO1)N1CCC[C@H](n2cccn2)C1. The van der Waals surface area contributed by atoms with Crippen LogP contribution >= 0.6 is 0 Å². The fraction of sp³-hybridized carbons (Fsp3) is 0.692. The van der Waals surface area contributed by atoms with Crippen molar-refractivity contribution in [3.05, 3.63) is 18.5 Å². The summed E-state index contributed by atoms with van der Waals surface area (Å²) in [5.41, 5.74) is 0. The Hall–Kier alpha value is -1.36. The van der Waals surface area contributed by atoms with Crippen molar-refractivity contribution in [2.45, 2.75) is 37.8 Å². The quantitative estimate of drug-likeness (QED) is 0.792. The minimum absolute atomic E-state index is 0.171. The van der Waals surface area contributed by atoms with Crippen molar-refractivity contribution in [3.8, 4) is 0 Å². The lowest BCUT2D eigenvalue weighted by Crippen LogP contribution is -2.45. The average molecular weight is 249 g/mol. The summed E-state index contributed by atoms with van der Waals surface area (Å²) in [7, 11) is 0. The first-order valence-electron chi connectivity index (χ1n) is 6.74. The molecule has 5 heteroatoms. The molecule has 3 heterocycles. The number of amides is 1. The van der Waals surface area contributed by atoms with Crippen LogP contribution in [-0.4, -0.2) is 46.4 Å². The van der Waals surface area contributed by atoms with Gasteiger partial charge < -0.3 is 9.64 Å². The number of hydrogen-bond acceptors (Lipinski definition) is 3. The monoisotopic (exact) mass is 249 g/mol. The molecule has 0 saturated carbocycles. The lowest BCUT2D eigenvalue weighted by atomic mass is 10.0. The molecule has 0 aromatic carbocycles. The molecular formula is C13H19N3O2. The van der Waals surface area contributed by atoms with Gasteiger partial charge in [-0.1, -0.05) is 0 Å². The molecule has 2 aliphatic heterocycles. The molecule has 18 heavy (non-hydrogen) atoms. The van der Waals surface area contributed by atoms with Crippen LogP contribution in [0.1, 0.15) is 31.7 Å². The molecule has 2 atom stereocenters. The zero-order valence-corrected chi connectivity index (χ0v) is 10.5. The molecule has 1 aromatic heterocycles. The van der Waals surface area contributed by atoms with Crippen molar-refractivity contribution in [1.82, 2.24) is 14.7 Å². The molecule has 0 aliphatic carbocycles. The van der Waals surface area contributed by atoms with Crippen LogP contribution in [0, 0.1) is 0 Å². The average Bonchev–Trinajstić information content (AvgIpc) is 3.11. The Morgan fingerprint density at radius 2 is 2.28 bits per heavy atom. The van der Waals surface area contributed by atoms with E-state index >= 15 is 0 Å². The van der Waals surface area contributed by atoms with Gasteiger partial charge in [0.1, 0.15) is 6.10 Å². The van der Waals surface area contributed by atoms with Gasteiger partial charge in [0.25, 0.3) is 5.91 Å². The third kappa shape index (κ3) is 2.27. The highest BCUT2D eigenvalue weighted by atomic mass is 16.5. The molecule has 98 valence electrons. The fourth-order valence-corrected chi connectivity index (χ4v) is 2.84. The number of aromatic nitrogens is 2. The van der Waals surface area contributed by atoms with Gasteiger partial charge in [-0.3, -0.25) is 9.48 Å². The van der Waals surface area contributed by atoms with Gasteiger partial charge in [-0.25, -0.2) is 0 Å². The smallest absolute Gasteiger partial charge is 0.251 e. The predicted octanol–water partition coefficient (Wildman–Crippen LogP) is 1.23. The maximum Gasteiger partial charge on any atom is 0.251 e. The van der Waals surface area contributed by atoms with E-state index in [2.05, 4.69) is 5.10 Å². The molecule has 0 bridgehead atoms. The number of carbonyl (C=O) groups is 1. The van der Waals surface area contributed by atoms with Crippen LogP contribution in [-0.2, 0) is 9.53 Å². The van der Waals surface area contributed by atoms with E-state index in [-0.39, 0.29) is 12.0 Å². The lowest BCUT2D eigenvalue weighted by Gasteiger charge is -2.34. The number of ether oxygens (including phenoxy) is 1. The van der Waals surface area contributed by atoms with Crippen LogP contribution in [0.4, 0.5) is 0 Å². The molecule has 3 rings (SSSR count). The Morgan fingerprint density at radius 3 is 3.00 bits per heavy atom. The first-order valence-corrected chi connectivity index (χ1v) is 6.74. The Bertz CT molecular complexity index is 398. The second-order valence-electron chi connectivity index (χ2n) is 5.07. The summed E-state index contributed by atoms with van der Waals surface area (Å²) in [6.07, 6.45) is 7.60. The second-order valence-corrected chi connectivity index (χ2v) is 5.07. The van der Waals surface area contributed by atoms with Gasteiger partial charge in [-0.2, -0.15) is 5.10 Å². The summed E-state index contributed by atoms with van der Waals surface area (Å²) in [5, 5.41) is 4.28. The van der Waals surface area contributed by atoms with Crippen molar-refractivity contribution >= 4 is 5.91 Å². The summed E-state index contributed by atoms with van der Waals surface area (Å²) in [5.74, 6) is 0.171. The van der Waals surface area contributed by atoms with E-state index in [0.717, 1.165) is 45.4 Å². The maximum atomic E-state index is 12.3. The summed E-state index contributed by atoms with van der Waals surface area (Å²) in [6.45, 7) is 2.35. The minimum atomic E-state index is -0.193. The lowest BCUT2D eigenvalue weighted by molar-refractivity contribution is -0.142. The minimum Gasteiger partial charge on any atom is -0.368 e. The molecular weight excluding hydrogens is 230 g/mol. The largest absolute Gasteiger partial charge is 0.368 e. The van der Waals surface area contributed by atoms with Gasteiger partial charge in [-0.05, 0) is 31.7 Å². The van der Waals surface area contributed by atoms with Gasteiger partial charge in [-0.15, -0.1) is 0 Å². The number of piperidine rings is 1. The summed E-state index contributed by atoms with van der Waals surface area (Å²) in [4.78, 5) is 14.2. The van der Waals surface area contributed by atoms with Crippen molar-refractivity contribution in [2.24, 2.45) is 0 Å². The molecule has 5 nitrogen and oxygen atoms in total. The highest BCUT2D eigenvalue weighted by Crippen LogP contribution is 2.23. The zero-order chi connectivity index (χ0) is 12.4. The molecule has 0 radical (unpaired) electrons. The van der Waals surface area contributed by atoms with Crippen LogP contribution in [0.2, 0.25) is 0 Å². The van der Waals surface area contributed by atoms with Crippen molar-refractivity contribution < 1.29 is 9.53 Å². The third-order valence-corrected chi connectivity index (χ3v) is 3.81. The molecule has 2 fully saturated rings.